The Labute approximate surface area is 189 Å². The van der Waals surface area contributed by atoms with Crippen molar-refractivity contribution in [3.05, 3.63) is 83.2 Å². The van der Waals surface area contributed by atoms with Gasteiger partial charge in [-0.15, -0.1) is 0 Å². The van der Waals surface area contributed by atoms with Crippen molar-refractivity contribution in [3.8, 4) is 11.1 Å². The molecule has 0 aliphatic heterocycles. The predicted octanol–water partition coefficient (Wildman–Crippen LogP) is 5.55. The monoisotopic (exact) mass is 426 g/mol. The van der Waals surface area contributed by atoms with Gasteiger partial charge < -0.3 is 5.32 Å². The number of aromatic nitrogens is 3. The van der Waals surface area contributed by atoms with Gasteiger partial charge in [0, 0.05) is 11.6 Å². The van der Waals surface area contributed by atoms with E-state index in [0.29, 0.717) is 0 Å². The molecule has 2 heterocycles. The minimum absolute atomic E-state index is 0.0721. The molecule has 32 heavy (non-hydrogen) atoms. The van der Waals surface area contributed by atoms with Gasteiger partial charge in [-0.3, -0.25) is 4.79 Å². The molecule has 4 rings (SSSR count). The molecule has 0 spiro atoms. The number of carbonyl (C=O) groups is 1. The van der Waals surface area contributed by atoms with Gasteiger partial charge in [-0.25, -0.2) is 9.67 Å². The molecular weight excluding hydrogens is 396 g/mol. The molecule has 0 bridgehead atoms. The van der Waals surface area contributed by atoms with Crippen LogP contribution >= 0.6 is 0 Å². The number of rotatable bonds is 7. The third-order valence-corrected chi connectivity index (χ3v) is 5.86. The second kappa shape index (κ2) is 9.35. The second-order valence-corrected chi connectivity index (χ2v) is 8.45. The molecule has 0 aliphatic rings. The third kappa shape index (κ3) is 4.57. The van der Waals surface area contributed by atoms with Crippen molar-refractivity contribution in [3.63, 3.8) is 0 Å². The molecule has 2 aromatic heterocycles. The van der Waals surface area contributed by atoms with Crippen LogP contribution in [0.3, 0.4) is 0 Å². The van der Waals surface area contributed by atoms with Gasteiger partial charge in [-0.05, 0) is 55.5 Å². The fourth-order valence-electron chi connectivity index (χ4n) is 4.13. The molecular formula is C27H30N4O. The highest BCUT2D eigenvalue weighted by atomic mass is 16.2. The van der Waals surface area contributed by atoms with Crippen molar-refractivity contribution >= 4 is 16.9 Å². The Bertz CT molecular complexity index is 1220. The minimum Gasteiger partial charge on any atom is -0.348 e. The highest BCUT2D eigenvalue weighted by Crippen LogP contribution is 2.30. The lowest BCUT2D eigenvalue weighted by Crippen LogP contribution is -2.30. The SMILES string of the molecule is CCCc1ccc(C(C)NC(=O)Cn2nc(C)c3c(-c4ccc(C)cc4)ccnc32)cc1. The molecule has 0 aliphatic carbocycles. The Balaban J connectivity index is 1.53. The number of nitrogens with zero attached hydrogens (tertiary/aromatic N) is 3. The Morgan fingerprint density at radius 2 is 1.75 bits per heavy atom. The van der Waals surface area contributed by atoms with Crippen LogP contribution in [0.4, 0.5) is 0 Å². The molecule has 0 saturated carbocycles. The number of pyridine rings is 1. The number of carbonyl (C=O) groups excluding carboxylic acids is 1. The maximum Gasteiger partial charge on any atom is 0.242 e. The fourth-order valence-corrected chi connectivity index (χ4v) is 4.13. The molecule has 1 atom stereocenters. The van der Waals surface area contributed by atoms with E-state index in [4.69, 9.17) is 0 Å². The summed E-state index contributed by atoms with van der Waals surface area (Å²) in [5.74, 6) is -0.0814. The molecule has 1 N–H and O–H groups in total. The average Bonchev–Trinajstić information content (AvgIpc) is 3.10. The zero-order chi connectivity index (χ0) is 22.7. The standard InChI is InChI=1S/C27H30N4O/c1-5-6-21-9-13-22(14-10-21)19(3)29-25(32)17-31-27-26(20(4)30-31)24(15-16-28-27)23-11-7-18(2)8-12-23/h7-16,19H,5-6,17H2,1-4H3,(H,29,32). The number of hydrogen-bond donors (Lipinski definition) is 1. The molecule has 4 aromatic rings. The summed E-state index contributed by atoms with van der Waals surface area (Å²) in [5.41, 5.74) is 7.44. The molecule has 1 amide bonds. The summed E-state index contributed by atoms with van der Waals surface area (Å²) in [6, 6.07) is 18.8. The van der Waals surface area contributed by atoms with Crippen molar-refractivity contribution < 1.29 is 4.79 Å². The fraction of sp³-hybridized carbons (Fsp3) is 0.296. The number of hydrogen-bond acceptors (Lipinski definition) is 3. The van der Waals surface area contributed by atoms with Gasteiger partial charge in [-0.2, -0.15) is 5.10 Å². The van der Waals surface area contributed by atoms with Gasteiger partial charge >= 0.3 is 0 Å². The van der Waals surface area contributed by atoms with Gasteiger partial charge in [-0.1, -0.05) is 67.4 Å². The first-order valence-electron chi connectivity index (χ1n) is 11.2. The zero-order valence-corrected chi connectivity index (χ0v) is 19.2. The zero-order valence-electron chi connectivity index (χ0n) is 19.2. The molecule has 5 heteroatoms. The molecule has 1 unspecified atom stereocenters. The first-order valence-corrected chi connectivity index (χ1v) is 11.2. The lowest BCUT2D eigenvalue weighted by atomic mass is 10.0. The maximum atomic E-state index is 12.8. The van der Waals surface area contributed by atoms with Crippen molar-refractivity contribution in [2.75, 3.05) is 0 Å². The smallest absolute Gasteiger partial charge is 0.242 e. The molecule has 2 aromatic carbocycles. The van der Waals surface area contributed by atoms with Crippen LogP contribution in [0.1, 0.15) is 48.7 Å². The molecule has 164 valence electrons. The van der Waals surface area contributed by atoms with E-state index in [1.165, 1.54) is 11.1 Å². The van der Waals surface area contributed by atoms with Gasteiger partial charge in [0.25, 0.3) is 0 Å². The van der Waals surface area contributed by atoms with Crippen LogP contribution < -0.4 is 5.32 Å². The predicted molar refractivity (Wildman–Crippen MR) is 129 cm³/mol. The molecule has 0 saturated heterocycles. The van der Waals surface area contributed by atoms with Gasteiger partial charge in [0.15, 0.2) is 5.65 Å². The van der Waals surface area contributed by atoms with E-state index in [0.717, 1.165) is 46.3 Å². The second-order valence-electron chi connectivity index (χ2n) is 8.45. The van der Waals surface area contributed by atoms with Crippen LogP contribution in [0.5, 0.6) is 0 Å². The number of nitrogens with one attached hydrogen (secondary N) is 1. The summed E-state index contributed by atoms with van der Waals surface area (Å²) in [4.78, 5) is 17.4. The number of amides is 1. The first kappa shape index (κ1) is 21.8. The summed E-state index contributed by atoms with van der Waals surface area (Å²) in [6.45, 7) is 8.36. The third-order valence-electron chi connectivity index (χ3n) is 5.86. The van der Waals surface area contributed by atoms with E-state index in [1.807, 2.05) is 19.9 Å². The topological polar surface area (TPSA) is 59.8 Å². The summed E-state index contributed by atoms with van der Waals surface area (Å²) in [7, 11) is 0. The van der Waals surface area contributed by atoms with E-state index < -0.39 is 0 Å². The van der Waals surface area contributed by atoms with Crippen LogP contribution in [-0.2, 0) is 17.8 Å². The van der Waals surface area contributed by atoms with Gasteiger partial charge in [0.05, 0.1) is 11.7 Å². The summed E-state index contributed by atoms with van der Waals surface area (Å²) in [5, 5.41) is 8.72. The quantitative estimate of drug-likeness (QED) is 0.422. The van der Waals surface area contributed by atoms with E-state index in [9.17, 15) is 4.79 Å². The van der Waals surface area contributed by atoms with Crippen molar-refractivity contribution in [1.29, 1.82) is 0 Å². The van der Waals surface area contributed by atoms with E-state index >= 15 is 0 Å². The number of benzene rings is 2. The largest absolute Gasteiger partial charge is 0.348 e. The van der Waals surface area contributed by atoms with Crippen LogP contribution in [0, 0.1) is 13.8 Å². The van der Waals surface area contributed by atoms with Gasteiger partial charge in [0.1, 0.15) is 6.54 Å². The summed E-state index contributed by atoms with van der Waals surface area (Å²) >= 11 is 0. The summed E-state index contributed by atoms with van der Waals surface area (Å²) in [6.07, 6.45) is 3.99. The van der Waals surface area contributed by atoms with Crippen LogP contribution in [0.15, 0.2) is 60.8 Å². The minimum atomic E-state index is -0.0814. The Morgan fingerprint density at radius 3 is 2.44 bits per heavy atom. The molecule has 5 nitrogen and oxygen atoms in total. The number of aryl methyl sites for hydroxylation is 3. The van der Waals surface area contributed by atoms with Crippen molar-refractivity contribution in [1.82, 2.24) is 20.1 Å². The lowest BCUT2D eigenvalue weighted by Gasteiger charge is -2.15. The van der Waals surface area contributed by atoms with Crippen LogP contribution in [0.2, 0.25) is 0 Å². The Morgan fingerprint density at radius 1 is 1.03 bits per heavy atom. The van der Waals surface area contributed by atoms with Gasteiger partial charge in [0.2, 0.25) is 5.91 Å². The van der Waals surface area contributed by atoms with Crippen molar-refractivity contribution in [2.24, 2.45) is 0 Å². The van der Waals surface area contributed by atoms with E-state index in [1.54, 1.807) is 10.9 Å². The normalized spacial score (nSPS) is 12.1. The highest BCUT2D eigenvalue weighted by Gasteiger charge is 2.17. The first-order chi connectivity index (χ1) is 15.5. The van der Waals surface area contributed by atoms with E-state index in [2.05, 4.69) is 77.8 Å². The molecule has 0 fully saturated rings. The maximum absolute atomic E-state index is 12.8. The Kier molecular flexibility index (Phi) is 6.35. The highest BCUT2D eigenvalue weighted by molar-refractivity contribution is 5.95. The van der Waals surface area contributed by atoms with Crippen LogP contribution in [-0.4, -0.2) is 20.7 Å². The average molecular weight is 427 g/mol. The Hall–Kier alpha value is -3.47. The number of fused-ring (bicyclic) bond motifs is 1. The molecule has 0 radical (unpaired) electrons. The van der Waals surface area contributed by atoms with Crippen molar-refractivity contribution in [2.45, 2.75) is 53.1 Å². The van der Waals surface area contributed by atoms with Crippen LogP contribution in [0.25, 0.3) is 22.2 Å². The lowest BCUT2D eigenvalue weighted by molar-refractivity contribution is -0.122. The summed E-state index contributed by atoms with van der Waals surface area (Å²) < 4.78 is 1.70. The van der Waals surface area contributed by atoms with E-state index in [-0.39, 0.29) is 18.5 Å².